The number of nitrogens with one attached hydrogen (secondary N) is 1. The molecule has 0 spiro atoms. The molecule has 9 heteroatoms. The van der Waals surface area contributed by atoms with Crippen molar-refractivity contribution >= 4 is 28.3 Å². The molecule has 0 unspecified atom stereocenters. The fourth-order valence-corrected chi connectivity index (χ4v) is 3.12. The van der Waals surface area contributed by atoms with Crippen LogP contribution < -0.4 is 16.0 Å². The fraction of sp³-hybridized carbons (Fsp3) is 0.636. The highest BCUT2D eigenvalue weighted by Crippen LogP contribution is 2.38. The van der Waals surface area contributed by atoms with E-state index in [4.69, 9.17) is 5.73 Å². The Hall–Kier alpha value is -1.51. The largest absolute Gasteiger partial charge is 0.391 e. The molecule has 0 atom stereocenters. The van der Waals surface area contributed by atoms with Gasteiger partial charge in [0.15, 0.2) is 5.82 Å². The first-order valence-corrected chi connectivity index (χ1v) is 6.90. The number of amides is 1. The lowest BCUT2D eigenvalue weighted by atomic mass is 9.96. The molecule has 0 aromatic carbocycles. The van der Waals surface area contributed by atoms with Gasteiger partial charge in [-0.1, -0.05) is 0 Å². The summed E-state index contributed by atoms with van der Waals surface area (Å²) in [6, 6.07) is 0. The van der Waals surface area contributed by atoms with Crippen molar-refractivity contribution in [2.24, 2.45) is 5.92 Å². The van der Waals surface area contributed by atoms with E-state index in [9.17, 15) is 18.0 Å². The Morgan fingerprint density at radius 3 is 2.55 bits per heavy atom. The molecule has 2 heterocycles. The highest BCUT2D eigenvalue weighted by atomic mass is 32.1. The number of hydrogen-bond donors (Lipinski definition) is 2. The van der Waals surface area contributed by atoms with Gasteiger partial charge in [-0.15, -0.1) is 0 Å². The van der Waals surface area contributed by atoms with E-state index < -0.39 is 12.1 Å². The summed E-state index contributed by atoms with van der Waals surface area (Å²) in [4.78, 5) is 13.5. The number of alkyl halides is 3. The van der Waals surface area contributed by atoms with Gasteiger partial charge in [-0.2, -0.15) is 17.5 Å². The van der Waals surface area contributed by atoms with E-state index >= 15 is 0 Å². The number of aromatic nitrogens is 1. The summed E-state index contributed by atoms with van der Waals surface area (Å²) in [6.07, 6.45) is -4.11. The summed E-state index contributed by atoms with van der Waals surface area (Å²) in [7, 11) is 1.47. The van der Waals surface area contributed by atoms with Crippen molar-refractivity contribution in [3.05, 3.63) is 5.56 Å². The summed E-state index contributed by atoms with van der Waals surface area (Å²) in [5.74, 6) is -1.53. The minimum absolute atomic E-state index is 0.0223. The molecule has 1 amide bonds. The van der Waals surface area contributed by atoms with Gasteiger partial charge in [-0.25, -0.2) is 0 Å². The number of nitrogens with zero attached hydrogens (tertiary/aromatic N) is 2. The zero-order chi connectivity index (χ0) is 14.9. The summed E-state index contributed by atoms with van der Waals surface area (Å²) in [5.41, 5.74) is 5.91. The van der Waals surface area contributed by atoms with E-state index in [0.717, 1.165) is 11.5 Å². The first-order chi connectivity index (χ1) is 9.34. The maximum Gasteiger partial charge on any atom is 0.391 e. The van der Waals surface area contributed by atoms with E-state index in [0.29, 0.717) is 5.00 Å². The van der Waals surface area contributed by atoms with E-state index in [1.807, 2.05) is 0 Å². The Kier molecular flexibility index (Phi) is 4.07. The average Bonchev–Trinajstić information content (AvgIpc) is 2.79. The number of rotatable bonds is 2. The molecule has 0 aliphatic carbocycles. The topological polar surface area (TPSA) is 71.2 Å². The normalized spacial score (nSPS) is 17.3. The van der Waals surface area contributed by atoms with Crippen molar-refractivity contribution < 1.29 is 18.0 Å². The number of nitrogens with two attached hydrogens (primary N) is 1. The number of hydrogen-bond acceptors (Lipinski definition) is 5. The third-order valence-corrected chi connectivity index (χ3v) is 4.32. The maximum atomic E-state index is 12.6. The summed E-state index contributed by atoms with van der Waals surface area (Å²) in [5, 5.41) is 3.01. The zero-order valence-corrected chi connectivity index (χ0v) is 11.6. The Balaban J connectivity index is 2.14. The first-order valence-electron chi connectivity index (χ1n) is 6.13. The monoisotopic (exact) mass is 308 g/mol. The van der Waals surface area contributed by atoms with Crippen LogP contribution in [-0.2, 0) is 0 Å². The Morgan fingerprint density at radius 1 is 1.45 bits per heavy atom. The van der Waals surface area contributed by atoms with Crippen LogP contribution in [0, 0.1) is 5.92 Å². The van der Waals surface area contributed by atoms with Gasteiger partial charge < -0.3 is 16.0 Å². The maximum absolute atomic E-state index is 12.6. The summed E-state index contributed by atoms with van der Waals surface area (Å²) < 4.78 is 41.8. The fourth-order valence-electron chi connectivity index (χ4n) is 2.26. The van der Waals surface area contributed by atoms with E-state index in [1.54, 1.807) is 4.90 Å². The summed E-state index contributed by atoms with van der Waals surface area (Å²) >= 11 is 1.04. The van der Waals surface area contributed by atoms with Crippen LogP contribution in [0.15, 0.2) is 0 Å². The van der Waals surface area contributed by atoms with Gasteiger partial charge in [-0.3, -0.25) is 4.79 Å². The van der Waals surface area contributed by atoms with Gasteiger partial charge in [0.25, 0.3) is 5.91 Å². The van der Waals surface area contributed by atoms with Crippen LogP contribution >= 0.6 is 11.5 Å². The predicted molar refractivity (Wildman–Crippen MR) is 70.9 cm³/mol. The van der Waals surface area contributed by atoms with E-state index in [2.05, 4.69) is 9.69 Å². The lowest BCUT2D eigenvalue weighted by molar-refractivity contribution is -0.179. The van der Waals surface area contributed by atoms with Gasteiger partial charge in [0.05, 0.1) is 5.92 Å². The Labute approximate surface area is 118 Å². The van der Waals surface area contributed by atoms with Crippen molar-refractivity contribution in [2.45, 2.75) is 19.0 Å². The number of anilines is 2. The van der Waals surface area contributed by atoms with Crippen LogP contribution in [0.2, 0.25) is 0 Å². The molecule has 1 aromatic rings. The highest BCUT2D eigenvalue weighted by molar-refractivity contribution is 7.11. The number of carbonyl (C=O) groups is 1. The first kappa shape index (κ1) is 14.9. The number of nitrogen functional groups attached to an aromatic ring is 1. The predicted octanol–water partition coefficient (Wildman–Crippen LogP) is 1.86. The van der Waals surface area contributed by atoms with Gasteiger partial charge >= 0.3 is 6.18 Å². The molecular formula is C11H15F3N4OS. The smallest absolute Gasteiger partial charge is 0.382 e. The van der Waals surface area contributed by atoms with Crippen LogP contribution in [0.1, 0.15) is 23.2 Å². The van der Waals surface area contributed by atoms with Crippen LogP contribution in [0.4, 0.5) is 24.0 Å². The second-order valence-corrected chi connectivity index (χ2v) is 5.38. The van der Waals surface area contributed by atoms with E-state index in [1.165, 1.54) is 7.05 Å². The lowest BCUT2D eigenvalue weighted by Crippen LogP contribution is -2.39. The molecule has 112 valence electrons. The van der Waals surface area contributed by atoms with Crippen molar-refractivity contribution in [3.63, 3.8) is 0 Å². The lowest BCUT2D eigenvalue weighted by Gasteiger charge is -2.33. The SMILES string of the molecule is CNC(=O)c1c(N)nsc1N1CCC(C(F)(F)F)CC1. The minimum Gasteiger partial charge on any atom is -0.382 e. The van der Waals surface area contributed by atoms with Crippen molar-refractivity contribution in [1.82, 2.24) is 9.69 Å². The molecule has 2 rings (SSSR count). The molecule has 1 aliphatic heterocycles. The van der Waals surface area contributed by atoms with Crippen LogP contribution in [-0.4, -0.2) is 36.6 Å². The zero-order valence-electron chi connectivity index (χ0n) is 10.8. The third kappa shape index (κ3) is 2.82. The quantitative estimate of drug-likeness (QED) is 0.875. The minimum atomic E-state index is -4.15. The molecule has 0 saturated carbocycles. The van der Waals surface area contributed by atoms with Gasteiger partial charge in [-0.05, 0) is 24.4 Å². The van der Waals surface area contributed by atoms with Crippen LogP contribution in [0.25, 0.3) is 0 Å². The molecule has 0 bridgehead atoms. The molecule has 1 saturated heterocycles. The third-order valence-electron chi connectivity index (χ3n) is 3.40. The number of halogens is 3. The van der Waals surface area contributed by atoms with Gasteiger partial charge in [0.2, 0.25) is 0 Å². The Bertz CT molecular complexity index is 494. The standard InChI is InChI=1S/C11H15F3N4OS/c1-16-9(19)7-8(15)17-20-10(7)18-4-2-6(3-5-18)11(12,13)14/h6H,2-5H2,1H3,(H2,15,17)(H,16,19). The number of piperidine rings is 1. The van der Waals surface area contributed by atoms with Crippen LogP contribution in [0.3, 0.4) is 0 Å². The van der Waals surface area contributed by atoms with Gasteiger partial charge in [0.1, 0.15) is 10.6 Å². The van der Waals surface area contributed by atoms with Crippen molar-refractivity contribution in [3.8, 4) is 0 Å². The second-order valence-electron chi connectivity index (χ2n) is 4.63. The molecule has 0 radical (unpaired) electrons. The molecule has 5 nitrogen and oxygen atoms in total. The van der Waals surface area contributed by atoms with E-state index in [-0.39, 0.29) is 43.2 Å². The molecule has 1 fully saturated rings. The number of carbonyl (C=O) groups excluding carboxylic acids is 1. The van der Waals surface area contributed by atoms with Crippen molar-refractivity contribution in [2.75, 3.05) is 30.8 Å². The highest BCUT2D eigenvalue weighted by Gasteiger charge is 2.41. The molecule has 20 heavy (non-hydrogen) atoms. The molecular weight excluding hydrogens is 293 g/mol. The Morgan fingerprint density at radius 2 is 2.05 bits per heavy atom. The second kappa shape index (κ2) is 5.47. The molecule has 1 aliphatic rings. The van der Waals surface area contributed by atoms with Gasteiger partial charge in [0, 0.05) is 20.1 Å². The molecule has 1 aromatic heterocycles. The summed E-state index contributed by atoms with van der Waals surface area (Å²) in [6.45, 7) is 0.492. The van der Waals surface area contributed by atoms with Crippen LogP contribution in [0.5, 0.6) is 0 Å². The average molecular weight is 308 g/mol. The molecule has 3 N–H and O–H groups in total. The van der Waals surface area contributed by atoms with Crippen molar-refractivity contribution in [1.29, 1.82) is 0 Å².